The van der Waals surface area contributed by atoms with Crippen LogP contribution < -0.4 is 4.99 Å². The topological polar surface area (TPSA) is 14.0 Å². The standard InChI is InChI=1S/C22H20BrN/c1-22(2)14-19-17-9-5-3-7-15(17)11-12-18(19)21(24-22)13-16-8-4-6-10-20(16)23/h3-12H,13-14H2,1-2H3/p+1. The third kappa shape index (κ3) is 2.80. The van der Waals surface area contributed by atoms with Gasteiger partial charge in [0.1, 0.15) is 0 Å². The second-order valence-electron chi connectivity index (χ2n) is 7.25. The molecular formula is C22H21BrN+. The quantitative estimate of drug-likeness (QED) is 0.691. The zero-order valence-corrected chi connectivity index (χ0v) is 15.7. The fourth-order valence-corrected chi connectivity index (χ4v) is 4.17. The first-order chi connectivity index (χ1) is 11.5. The van der Waals surface area contributed by atoms with Crippen molar-refractivity contribution in [1.82, 2.24) is 0 Å². The summed E-state index contributed by atoms with van der Waals surface area (Å²) in [4.78, 5) is 3.79. The highest BCUT2D eigenvalue weighted by Crippen LogP contribution is 2.28. The van der Waals surface area contributed by atoms with Crippen molar-refractivity contribution in [1.29, 1.82) is 0 Å². The molecule has 1 aliphatic heterocycles. The van der Waals surface area contributed by atoms with E-state index in [0.717, 1.165) is 12.8 Å². The molecule has 3 aromatic rings. The van der Waals surface area contributed by atoms with E-state index < -0.39 is 0 Å². The van der Waals surface area contributed by atoms with E-state index in [1.165, 1.54) is 37.6 Å². The average molecular weight is 379 g/mol. The molecular weight excluding hydrogens is 358 g/mol. The van der Waals surface area contributed by atoms with Crippen molar-refractivity contribution >= 4 is 32.4 Å². The molecule has 0 aromatic heterocycles. The number of benzene rings is 3. The first kappa shape index (κ1) is 15.6. The summed E-state index contributed by atoms with van der Waals surface area (Å²) in [6.07, 6.45) is 1.96. The molecule has 1 N–H and O–H groups in total. The maximum atomic E-state index is 3.79. The van der Waals surface area contributed by atoms with Crippen LogP contribution in [-0.4, -0.2) is 11.3 Å². The number of fused-ring (bicyclic) bond motifs is 3. The van der Waals surface area contributed by atoms with Crippen LogP contribution in [0.5, 0.6) is 0 Å². The third-order valence-electron chi connectivity index (χ3n) is 4.80. The van der Waals surface area contributed by atoms with E-state index in [9.17, 15) is 0 Å². The Morgan fingerprint density at radius 1 is 0.958 bits per heavy atom. The number of halogens is 1. The molecule has 1 nitrogen and oxygen atoms in total. The predicted molar refractivity (Wildman–Crippen MR) is 105 cm³/mol. The molecule has 3 aromatic carbocycles. The molecule has 0 saturated heterocycles. The monoisotopic (exact) mass is 378 g/mol. The highest BCUT2D eigenvalue weighted by atomic mass is 79.9. The van der Waals surface area contributed by atoms with E-state index in [0.29, 0.717) is 0 Å². The van der Waals surface area contributed by atoms with Gasteiger partial charge >= 0.3 is 0 Å². The van der Waals surface area contributed by atoms with E-state index in [-0.39, 0.29) is 5.54 Å². The summed E-state index contributed by atoms with van der Waals surface area (Å²) in [5.41, 5.74) is 5.53. The van der Waals surface area contributed by atoms with Crippen molar-refractivity contribution in [2.75, 3.05) is 0 Å². The van der Waals surface area contributed by atoms with Gasteiger partial charge in [0.25, 0.3) is 0 Å². The third-order valence-corrected chi connectivity index (χ3v) is 5.57. The minimum absolute atomic E-state index is 0.0632. The largest absolute Gasteiger partial charge is 0.240 e. The molecule has 0 atom stereocenters. The van der Waals surface area contributed by atoms with Crippen LogP contribution in [0, 0.1) is 0 Å². The van der Waals surface area contributed by atoms with Crippen LogP contribution in [0.2, 0.25) is 0 Å². The second kappa shape index (κ2) is 5.86. The molecule has 24 heavy (non-hydrogen) atoms. The molecule has 1 aliphatic rings. The van der Waals surface area contributed by atoms with Crippen LogP contribution in [0.3, 0.4) is 0 Å². The van der Waals surface area contributed by atoms with Gasteiger partial charge in [0.2, 0.25) is 0 Å². The van der Waals surface area contributed by atoms with E-state index in [4.69, 9.17) is 0 Å². The summed E-state index contributed by atoms with van der Waals surface area (Å²) in [7, 11) is 0. The summed E-state index contributed by atoms with van der Waals surface area (Å²) < 4.78 is 1.17. The number of hydrogen-bond acceptors (Lipinski definition) is 0. The van der Waals surface area contributed by atoms with Gasteiger partial charge in [-0.15, -0.1) is 0 Å². The Balaban J connectivity index is 1.87. The molecule has 0 aliphatic carbocycles. The van der Waals surface area contributed by atoms with Crippen molar-refractivity contribution in [2.45, 2.75) is 32.2 Å². The van der Waals surface area contributed by atoms with Crippen LogP contribution in [0.15, 0.2) is 65.1 Å². The first-order valence-corrected chi connectivity index (χ1v) is 9.21. The van der Waals surface area contributed by atoms with Gasteiger partial charge in [-0.05, 0) is 34.0 Å². The fourth-order valence-electron chi connectivity index (χ4n) is 3.74. The van der Waals surface area contributed by atoms with Crippen molar-refractivity contribution < 1.29 is 4.99 Å². The van der Waals surface area contributed by atoms with Gasteiger partial charge in [-0.3, -0.25) is 0 Å². The fraction of sp³-hybridized carbons (Fsp3) is 0.227. The summed E-state index contributed by atoms with van der Waals surface area (Å²) in [6.45, 7) is 4.58. The molecule has 0 amide bonds. The lowest BCUT2D eigenvalue weighted by molar-refractivity contribution is -0.546. The molecule has 0 saturated carbocycles. The van der Waals surface area contributed by atoms with E-state index in [2.05, 4.69) is 95.4 Å². The number of hydrogen-bond donors (Lipinski definition) is 1. The highest BCUT2D eigenvalue weighted by molar-refractivity contribution is 9.10. The Morgan fingerprint density at radius 2 is 1.71 bits per heavy atom. The van der Waals surface area contributed by atoms with Crippen molar-refractivity contribution in [3.05, 3.63) is 81.8 Å². The van der Waals surface area contributed by atoms with E-state index >= 15 is 0 Å². The minimum Gasteiger partial charge on any atom is -0.240 e. The summed E-state index contributed by atoms with van der Waals surface area (Å²) in [5.74, 6) is 0. The zero-order chi connectivity index (χ0) is 16.7. The van der Waals surface area contributed by atoms with Gasteiger partial charge < -0.3 is 0 Å². The second-order valence-corrected chi connectivity index (χ2v) is 8.10. The molecule has 2 heteroatoms. The normalized spacial score (nSPS) is 15.9. The van der Waals surface area contributed by atoms with E-state index in [1.807, 2.05) is 0 Å². The summed E-state index contributed by atoms with van der Waals surface area (Å²) in [5, 5.41) is 2.71. The van der Waals surface area contributed by atoms with Crippen LogP contribution in [-0.2, 0) is 12.8 Å². The zero-order valence-electron chi connectivity index (χ0n) is 14.1. The van der Waals surface area contributed by atoms with Crippen molar-refractivity contribution in [3.63, 3.8) is 0 Å². The molecule has 0 bridgehead atoms. The molecule has 120 valence electrons. The Labute approximate surface area is 151 Å². The first-order valence-electron chi connectivity index (χ1n) is 8.42. The Bertz CT molecular complexity index is 953. The number of rotatable bonds is 2. The van der Waals surface area contributed by atoms with Crippen LogP contribution in [0.4, 0.5) is 0 Å². The van der Waals surface area contributed by atoms with Gasteiger partial charge in [0, 0.05) is 30.3 Å². The molecule has 0 unspecified atom stereocenters. The molecule has 0 spiro atoms. The lowest BCUT2D eigenvalue weighted by Gasteiger charge is -2.25. The smallest absolute Gasteiger partial charge is 0.186 e. The molecule has 0 fully saturated rings. The van der Waals surface area contributed by atoms with Gasteiger partial charge in [0.15, 0.2) is 11.3 Å². The SMILES string of the molecule is CC1(C)Cc2c(ccc3ccccc23)C(Cc2ccccc2Br)=[NH+]1. The Kier molecular flexibility index (Phi) is 3.80. The highest BCUT2D eigenvalue weighted by Gasteiger charge is 2.33. The Hall–Kier alpha value is -1.93. The molecule has 4 rings (SSSR count). The lowest BCUT2D eigenvalue weighted by atomic mass is 9.82. The lowest BCUT2D eigenvalue weighted by Crippen LogP contribution is -2.88. The van der Waals surface area contributed by atoms with Crippen LogP contribution >= 0.6 is 15.9 Å². The summed E-state index contributed by atoms with van der Waals surface area (Å²) >= 11 is 3.69. The van der Waals surface area contributed by atoms with Gasteiger partial charge in [-0.1, -0.05) is 64.5 Å². The van der Waals surface area contributed by atoms with E-state index in [1.54, 1.807) is 0 Å². The maximum Gasteiger partial charge on any atom is 0.186 e. The van der Waals surface area contributed by atoms with Gasteiger partial charge in [-0.2, -0.15) is 0 Å². The number of nitrogens with one attached hydrogen (secondary N) is 1. The van der Waals surface area contributed by atoms with Crippen LogP contribution in [0.1, 0.15) is 30.5 Å². The average Bonchev–Trinajstić information content (AvgIpc) is 2.56. The van der Waals surface area contributed by atoms with Gasteiger partial charge in [0.05, 0.1) is 6.42 Å². The Morgan fingerprint density at radius 3 is 2.54 bits per heavy atom. The van der Waals surface area contributed by atoms with Gasteiger partial charge in [-0.25, -0.2) is 4.99 Å². The predicted octanol–water partition coefficient (Wildman–Crippen LogP) is 4.05. The molecule has 1 heterocycles. The molecule has 0 radical (unpaired) electrons. The maximum absolute atomic E-state index is 3.79. The van der Waals surface area contributed by atoms with Crippen molar-refractivity contribution in [3.8, 4) is 0 Å². The summed E-state index contributed by atoms with van der Waals surface area (Å²) in [6, 6.07) is 21.7. The minimum atomic E-state index is 0.0632. The van der Waals surface area contributed by atoms with Crippen LogP contribution in [0.25, 0.3) is 10.8 Å². The van der Waals surface area contributed by atoms with Crippen molar-refractivity contribution in [2.24, 2.45) is 0 Å².